The fourth-order valence-electron chi connectivity index (χ4n) is 0.689. The van der Waals surface area contributed by atoms with E-state index in [1.54, 1.807) is 12.2 Å². The summed E-state index contributed by atoms with van der Waals surface area (Å²) in [6.45, 7) is 4.89. The molecule has 0 aliphatic carbocycles. The number of esters is 2. The Labute approximate surface area is 83.2 Å². The molecule has 14 heavy (non-hydrogen) atoms. The molecule has 0 aliphatic rings. The van der Waals surface area contributed by atoms with Crippen LogP contribution in [-0.2, 0) is 19.1 Å². The molecule has 4 heteroatoms. The van der Waals surface area contributed by atoms with Gasteiger partial charge >= 0.3 is 11.9 Å². The minimum absolute atomic E-state index is 0.193. The van der Waals surface area contributed by atoms with Crippen LogP contribution >= 0.6 is 0 Å². The number of hydrogen-bond acceptors (Lipinski definition) is 4. The van der Waals surface area contributed by atoms with Crippen LogP contribution in [0.25, 0.3) is 0 Å². The van der Waals surface area contributed by atoms with Gasteiger partial charge < -0.3 is 9.47 Å². The van der Waals surface area contributed by atoms with E-state index in [2.05, 4.69) is 11.3 Å². The van der Waals surface area contributed by atoms with Crippen LogP contribution in [0.4, 0.5) is 0 Å². The molecule has 0 aromatic heterocycles. The van der Waals surface area contributed by atoms with Crippen molar-refractivity contribution in [1.82, 2.24) is 0 Å². The van der Waals surface area contributed by atoms with Crippen molar-refractivity contribution in [3.63, 3.8) is 0 Å². The molecule has 0 aromatic rings. The van der Waals surface area contributed by atoms with Crippen molar-refractivity contribution in [2.24, 2.45) is 0 Å². The summed E-state index contributed by atoms with van der Waals surface area (Å²) in [7, 11) is 0. The first-order valence-corrected chi connectivity index (χ1v) is 4.23. The van der Waals surface area contributed by atoms with E-state index in [4.69, 9.17) is 4.74 Å². The van der Waals surface area contributed by atoms with Gasteiger partial charge in [0, 0.05) is 6.92 Å². The largest absolute Gasteiger partial charge is 0.392 e. The Morgan fingerprint density at radius 3 is 2.71 bits per heavy atom. The summed E-state index contributed by atoms with van der Waals surface area (Å²) in [4.78, 5) is 21.0. The lowest BCUT2D eigenvalue weighted by Crippen LogP contribution is -2.15. The second-order valence-electron chi connectivity index (χ2n) is 2.47. The van der Waals surface area contributed by atoms with Crippen molar-refractivity contribution in [2.75, 3.05) is 13.2 Å². The molecule has 0 unspecified atom stereocenters. The van der Waals surface area contributed by atoms with Crippen molar-refractivity contribution in [2.45, 2.75) is 13.3 Å². The van der Waals surface area contributed by atoms with E-state index in [0.717, 1.165) is 0 Å². The molecular formula is C10H14O4. The van der Waals surface area contributed by atoms with Crippen LogP contribution in [0.15, 0.2) is 24.8 Å². The quantitative estimate of drug-likeness (QED) is 0.279. The number of carbonyl (C=O) groups is 2. The highest BCUT2D eigenvalue weighted by Crippen LogP contribution is 1.88. The van der Waals surface area contributed by atoms with E-state index < -0.39 is 11.9 Å². The van der Waals surface area contributed by atoms with Crippen molar-refractivity contribution < 1.29 is 19.1 Å². The summed E-state index contributed by atoms with van der Waals surface area (Å²) < 4.78 is 9.17. The molecule has 0 fully saturated rings. The van der Waals surface area contributed by atoms with Gasteiger partial charge in [-0.1, -0.05) is 24.8 Å². The zero-order valence-electron chi connectivity index (χ0n) is 8.19. The Morgan fingerprint density at radius 2 is 2.14 bits per heavy atom. The molecule has 0 heterocycles. The number of allylic oxidation sites excluding steroid dienone is 2. The number of ether oxygens (including phenoxy) is 2. The molecule has 0 atom stereocenters. The maximum Gasteiger partial charge on any atom is 0.339 e. The smallest absolute Gasteiger partial charge is 0.339 e. The van der Waals surface area contributed by atoms with E-state index in [1.165, 1.54) is 6.92 Å². The van der Waals surface area contributed by atoms with Gasteiger partial charge in [0.2, 0.25) is 0 Å². The molecule has 4 nitrogen and oxygen atoms in total. The summed E-state index contributed by atoms with van der Waals surface area (Å²) in [5, 5.41) is 0. The fraction of sp³-hybridized carbons (Fsp3) is 0.400. The Bertz CT molecular complexity index is 230. The lowest BCUT2D eigenvalue weighted by molar-refractivity contribution is -0.161. The molecule has 0 saturated heterocycles. The number of carbonyl (C=O) groups excluding carboxylic acids is 2. The average molecular weight is 198 g/mol. The maximum absolute atomic E-state index is 10.7. The van der Waals surface area contributed by atoms with Gasteiger partial charge in [-0.3, -0.25) is 4.79 Å². The standard InChI is InChI=1S/C10H14O4/c1-3-4-5-6-7-13-8-10(12)14-9(2)11/h3-5H,1,6-8H2,2H3. The number of rotatable bonds is 6. The minimum Gasteiger partial charge on any atom is -0.392 e. The second kappa shape index (κ2) is 8.19. The van der Waals surface area contributed by atoms with Crippen LogP contribution in [0.3, 0.4) is 0 Å². The van der Waals surface area contributed by atoms with E-state index in [-0.39, 0.29) is 6.61 Å². The summed E-state index contributed by atoms with van der Waals surface area (Å²) in [5.41, 5.74) is 0. The molecule has 0 rings (SSSR count). The average Bonchev–Trinajstić information content (AvgIpc) is 2.10. The molecule has 0 radical (unpaired) electrons. The lowest BCUT2D eigenvalue weighted by Gasteiger charge is -2.00. The normalized spacial score (nSPS) is 10.1. The zero-order valence-corrected chi connectivity index (χ0v) is 8.19. The van der Waals surface area contributed by atoms with E-state index in [0.29, 0.717) is 13.0 Å². The van der Waals surface area contributed by atoms with Crippen LogP contribution in [0, 0.1) is 0 Å². The first-order valence-electron chi connectivity index (χ1n) is 4.23. The van der Waals surface area contributed by atoms with Gasteiger partial charge in [-0.2, -0.15) is 0 Å². The van der Waals surface area contributed by atoms with E-state index >= 15 is 0 Å². The molecule has 0 spiro atoms. The number of hydrogen-bond donors (Lipinski definition) is 0. The van der Waals surface area contributed by atoms with Crippen molar-refractivity contribution >= 4 is 11.9 Å². The second-order valence-corrected chi connectivity index (χ2v) is 2.47. The molecule has 0 bridgehead atoms. The van der Waals surface area contributed by atoms with Crippen LogP contribution < -0.4 is 0 Å². The first kappa shape index (κ1) is 12.6. The monoisotopic (exact) mass is 198 g/mol. The Kier molecular flexibility index (Phi) is 7.36. The van der Waals surface area contributed by atoms with Crippen molar-refractivity contribution in [3.05, 3.63) is 24.8 Å². The highest BCUT2D eigenvalue weighted by Gasteiger charge is 2.04. The molecule has 0 aromatic carbocycles. The van der Waals surface area contributed by atoms with Crippen LogP contribution in [0.2, 0.25) is 0 Å². The molecule has 0 N–H and O–H groups in total. The van der Waals surface area contributed by atoms with Crippen LogP contribution in [-0.4, -0.2) is 25.2 Å². The van der Waals surface area contributed by atoms with E-state index in [9.17, 15) is 9.59 Å². The van der Waals surface area contributed by atoms with Gasteiger partial charge in [0.25, 0.3) is 0 Å². The van der Waals surface area contributed by atoms with Crippen molar-refractivity contribution in [1.29, 1.82) is 0 Å². The SMILES string of the molecule is C=CC=CCCOCC(=O)OC(C)=O. The predicted molar refractivity (Wildman–Crippen MR) is 51.5 cm³/mol. The Hall–Kier alpha value is -1.42. The van der Waals surface area contributed by atoms with Crippen LogP contribution in [0.1, 0.15) is 13.3 Å². The highest BCUT2D eigenvalue weighted by molar-refractivity contribution is 5.84. The van der Waals surface area contributed by atoms with Gasteiger partial charge in [-0.25, -0.2) is 4.79 Å². The van der Waals surface area contributed by atoms with Crippen molar-refractivity contribution in [3.8, 4) is 0 Å². The topological polar surface area (TPSA) is 52.6 Å². The minimum atomic E-state index is -0.662. The molecular weight excluding hydrogens is 184 g/mol. The fourth-order valence-corrected chi connectivity index (χ4v) is 0.689. The third-order valence-electron chi connectivity index (χ3n) is 1.18. The first-order chi connectivity index (χ1) is 6.66. The van der Waals surface area contributed by atoms with Gasteiger partial charge in [0.1, 0.15) is 6.61 Å². The van der Waals surface area contributed by atoms with Gasteiger partial charge in [-0.05, 0) is 6.42 Å². The van der Waals surface area contributed by atoms with Gasteiger partial charge in [0.15, 0.2) is 0 Å². The summed E-state index contributed by atoms with van der Waals surface area (Å²) in [5.74, 6) is -1.28. The van der Waals surface area contributed by atoms with Crippen LogP contribution in [0.5, 0.6) is 0 Å². The van der Waals surface area contributed by atoms with Gasteiger partial charge in [0.05, 0.1) is 6.61 Å². The third-order valence-corrected chi connectivity index (χ3v) is 1.18. The predicted octanol–water partition coefficient (Wildman–Crippen LogP) is 1.22. The lowest BCUT2D eigenvalue weighted by atomic mass is 10.4. The van der Waals surface area contributed by atoms with E-state index in [1.807, 2.05) is 6.08 Å². The summed E-state index contributed by atoms with van der Waals surface area (Å²) >= 11 is 0. The molecule has 78 valence electrons. The maximum atomic E-state index is 10.7. The van der Waals surface area contributed by atoms with Gasteiger partial charge in [-0.15, -0.1) is 0 Å². The molecule has 0 aliphatic heterocycles. The summed E-state index contributed by atoms with van der Waals surface area (Å²) in [6.07, 6.45) is 6.00. The Morgan fingerprint density at radius 1 is 1.43 bits per heavy atom. The molecule has 0 saturated carbocycles. The highest BCUT2D eigenvalue weighted by atomic mass is 16.6. The molecule has 0 amide bonds. The summed E-state index contributed by atoms with van der Waals surface area (Å²) in [6, 6.07) is 0. The zero-order chi connectivity index (χ0) is 10.8. The Balaban J connectivity index is 3.36. The third kappa shape index (κ3) is 8.67.